The summed E-state index contributed by atoms with van der Waals surface area (Å²) in [5, 5.41) is 11.0. The molecule has 3 aromatic heterocycles. The van der Waals surface area contributed by atoms with E-state index in [4.69, 9.17) is 16.1 Å². The van der Waals surface area contributed by atoms with Crippen molar-refractivity contribution >= 4 is 28.5 Å². The molecule has 0 spiro atoms. The van der Waals surface area contributed by atoms with Crippen molar-refractivity contribution in [3.05, 3.63) is 48.2 Å². The molecule has 0 atom stereocenters. The van der Waals surface area contributed by atoms with Gasteiger partial charge in [0.1, 0.15) is 11.6 Å². The average molecular weight is 448 g/mol. The minimum absolute atomic E-state index is 0.116. The fourth-order valence-corrected chi connectivity index (χ4v) is 3.53. The number of nitrogens with two attached hydrogens (primary N) is 2. The molecule has 0 aliphatic carbocycles. The normalized spacial score (nSPS) is 12.5. The predicted octanol–water partition coefficient (Wildman–Crippen LogP) is 3.13. The molecule has 4 aromatic rings. The van der Waals surface area contributed by atoms with E-state index in [1.165, 1.54) is 18.0 Å². The number of H-pyrrole nitrogens is 1. The van der Waals surface area contributed by atoms with Gasteiger partial charge in [-0.05, 0) is 30.3 Å². The van der Waals surface area contributed by atoms with Gasteiger partial charge in [0, 0.05) is 17.1 Å². The summed E-state index contributed by atoms with van der Waals surface area (Å²) in [4.78, 5) is 8.16. The summed E-state index contributed by atoms with van der Waals surface area (Å²) in [6.07, 6.45) is -3.23. The number of amidine groups is 1. The molecule has 6 N–H and O–H groups in total. The fourth-order valence-electron chi connectivity index (χ4n) is 2.84. The van der Waals surface area contributed by atoms with Crippen molar-refractivity contribution in [2.24, 2.45) is 16.8 Å². The van der Waals surface area contributed by atoms with Crippen LogP contribution in [0.1, 0.15) is 5.56 Å². The molecule has 4 rings (SSSR count). The van der Waals surface area contributed by atoms with Crippen molar-refractivity contribution in [2.45, 2.75) is 11.3 Å². The number of furan rings is 1. The second-order valence-corrected chi connectivity index (χ2v) is 7.18. The summed E-state index contributed by atoms with van der Waals surface area (Å²) in [6, 6.07) is 8.93. The third kappa shape index (κ3) is 4.32. The van der Waals surface area contributed by atoms with Crippen LogP contribution in [0.5, 0.6) is 0 Å². The van der Waals surface area contributed by atoms with Gasteiger partial charge >= 0.3 is 6.18 Å². The number of hydrogen-bond acceptors (Lipinski definition) is 8. The summed E-state index contributed by atoms with van der Waals surface area (Å²) in [6.45, 7) is 0. The molecule has 31 heavy (non-hydrogen) atoms. The Balaban J connectivity index is 1.63. The molecule has 0 saturated carbocycles. The average Bonchev–Trinajstić information content (AvgIpc) is 3.42. The number of aromatic amines is 1. The van der Waals surface area contributed by atoms with Gasteiger partial charge in [-0.25, -0.2) is 5.84 Å². The lowest BCUT2D eigenvalue weighted by atomic mass is 10.0. The standard InChI is InChI=1S/C18H15F3N8OS/c19-18(20,21)11-7-10(6-9-2-1-5-24-15(9)11)12-3-4-13(30-12)16-25-17(29-28-16)31-8-14(26-22)27-23/h1-7H,8,22-23H2,(H,26,27)(H,25,28,29). The van der Waals surface area contributed by atoms with E-state index in [9.17, 15) is 13.2 Å². The Morgan fingerprint density at radius 3 is 2.77 bits per heavy atom. The van der Waals surface area contributed by atoms with Crippen LogP contribution in [0.4, 0.5) is 13.2 Å². The van der Waals surface area contributed by atoms with Gasteiger partial charge in [0.25, 0.3) is 0 Å². The Labute approximate surface area is 177 Å². The van der Waals surface area contributed by atoms with Crippen LogP contribution in [-0.2, 0) is 6.18 Å². The number of halogens is 3. The fraction of sp³-hybridized carbons (Fsp3) is 0.111. The van der Waals surface area contributed by atoms with Gasteiger partial charge < -0.3 is 15.7 Å². The van der Waals surface area contributed by atoms with Gasteiger partial charge in [-0.15, -0.1) is 5.10 Å². The molecule has 0 radical (unpaired) electrons. The molecule has 0 saturated heterocycles. The Morgan fingerprint density at radius 1 is 1.23 bits per heavy atom. The molecular formula is C18H15F3N8OS. The number of thioether (sulfide) groups is 1. The van der Waals surface area contributed by atoms with Crippen molar-refractivity contribution in [1.29, 1.82) is 0 Å². The maximum Gasteiger partial charge on any atom is 0.418 e. The summed E-state index contributed by atoms with van der Waals surface area (Å²) >= 11 is 1.22. The third-order valence-corrected chi connectivity index (χ3v) is 5.12. The van der Waals surface area contributed by atoms with E-state index in [0.29, 0.717) is 33.7 Å². The van der Waals surface area contributed by atoms with Gasteiger partial charge in [-0.2, -0.15) is 23.3 Å². The van der Waals surface area contributed by atoms with Gasteiger partial charge in [0.05, 0.1) is 16.8 Å². The van der Waals surface area contributed by atoms with Crippen LogP contribution in [0.3, 0.4) is 0 Å². The molecule has 160 valence electrons. The summed E-state index contributed by atoms with van der Waals surface area (Å²) in [7, 11) is 0. The van der Waals surface area contributed by atoms with Gasteiger partial charge in [-0.1, -0.05) is 17.8 Å². The van der Waals surface area contributed by atoms with E-state index >= 15 is 0 Å². The number of alkyl halides is 3. The van der Waals surface area contributed by atoms with Gasteiger partial charge in [0.2, 0.25) is 5.16 Å². The summed E-state index contributed by atoms with van der Waals surface area (Å²) < 4.78 is 46.4. The second kappa shape index (κ2) is 8.28. The minimum atomic E-state index is -4.56. The van der Waals surface area contributed by atoms with E-state index < -0.39 is 11.7 Å². The number of rotatable bonds is 5. The van der Waals surface area contributed by atoms with Crippen LogP contribution >= 0.6 is 11.8 Å². The first-order valence-electron chi connectivity index (χ1n) is 8.74. The molecule has 0 amide bonds. The first kappa shape index (κ1) is 20.7. The van der Waals surface area contributed by atoms with Crippen LogP contribution in [0.15, 0.2) is 57.3 Å². The summed E-state index contributed by atoms with van der Waals surface area (Å²) in [5.41, 5.74) is 1.67. The molecule has 13 heteroatoms. The van der Waals surface area contributed by atoms with E-state index in [0.717, 1.165) is 6.07 Å². The zero-order valence-electron chi connectivity index (χ0n) is 15.6. The highest BCUT2D eigenvalue weighted by Gasteiger charge is 2.34. The quantitative estimate of drug-likeness (QED) is 0.120. The second-order valence-electron chi connectivity index (χ2n) is 6.24. The number of pyridine rings is 1. The first-order chi connectivity index (χ1) is 14.9. The zero-order valence-corrected chi connectivity index (χ0v) is 16.5. The summed E-state index contributed by atoms with van der Waals surface area (Å²) in [5.74, 6) is 12.0. The van der Waals surface area contributed by atoms with Crippen molar-refractivity contribution in [2.75, 3.05) is 5.75 Å². The Morgan fingerprint density at radius 2 is 2.03 bits per heavy atom. The molecule has 0 aliphatic heterocycles. The highest BCUT2D eigenvalue weighted by atomic mass is 32.2. The van der Waals surface area contributed by atoms with Gasteiger partial charge in [0.15, 0.2) is 11.6 Å². The van der Waals surface area contributed by atoms with E-state index in [1.54, 1.807) is 30.3 Å². The third-order valence-electron chi connectivity index (χ3n) is 4.26. The molecular weight excluding hydrogens is 433 g/mol. The van der Waals surface area contributed by atoms with Crippen LogP contribution < -0.4 is 17.1 Å². The van der Waals surface area contributed by atoms with E-state index in [2.05, 4.69) is 30.7 Å². The van der Waals surface area contributed by atoms with E-state index in [-0.39, 0.29) is 16.8 Å². The SMILES string of the molecule is N/N=C(/CSc1n[nH]c(-c2ccc(-c3cc(C(F)(F)F)c4ncccc4c3)o2)n1)NN. The molecule has 9 nitrogen and oxygen atoms in total. The molecule has 3 heterocycles. The molecule has 0 unspecified atom stereocenters. The predicted molar refractivity (Wildman–Crippen MR) is 109 cm³/mol. The maximum atomic E-state index is 13.5. The molecule has 1 aromatic carbocycles. The lowest BCUT2D eigenvalue weighted by molar-refractivity contribution is -0.136. The first-order valence-corrected chi connectivity index (χ1v) is 9.72. The Bertz CT molecular complexity index is 1250. The Hall–Kier alpha value is -3.58. The van der Waals surface area contributed by atoms with Crippen LogP contribution in [-0.4, -0.2) is 31.8 Å². The van der Waals surface area contributed by atoms with Crippen LogP contribution in [0.25, 0.3) is 33.8 Å². The van der Waals surface area contributed by atoms with Crippen molar-refractivity contribution in [3.8, 4) is 22.9 Å². The minimum Gasteiger partial charge on any atom is -0.453 e. The monoisotopic (exact) mass is 448 g/mol. The largest absolute Gasteiger partial charge is 0.453 e. The smallest absolute Gasteiger partial charge is 0.418 e. The lowest BCUT2D eigenvalue weighted by Crippen LogP contribution is -2.33. The number of benzene rings is 1. The number of hydrazine groups is 1. The molecule has 0 fully saturated rings. The maximum absolute atomic E-state index is 13.5. The van der Waals surface area contributed by atoms with Crippen molar-refractivity contribution in [1.82, 2.24) is 25.6 Å². The van der Waals surface area contributed by atoms with Crippen molar-refractivity contribution in [3.63, 3.8) is 0 Å². The number of aromatic nitrogens is 4. The Kier molecular flexibility index (Phi) is 5.52. The number of hydrogen-bond donors (Lipinski definition) is 4. The highest BCUT2D eigenvalue weighted by molar-refractivity contribution is 7.99. The topological polar surface area (TPSA) is 144 Å². The number of nitrogens with zero attached hydrogens (tertiary/aromatic N) is 4. The zero-order chi connectivity index (χ0) is 22.0. The van der Waals surface area contributed by atoms with Crippen molar-refractivity contribution < 1.29 is 17.6 Å². The highest BCUT2D eigenvalue weighted by Crippen LogP contribution is 2.38. The van der Waals surface area contributed by atoms with E-state index in [1.807, 2.05) is 0 Å². The molecule has 0 bridgehead atoms. The molecule has 0 aliphatic rings. The van der Waals surface area contributed by atoms with Crippen LogP contribution in [0, 0.1) is 0 Å². The lowest BCUT2D eigenvalue weighted by Gasteiger charge is -2.11. The number of nitrogens with one attached hydrogen (secondary N) is 2. The van der Waals surface area contributed by atoms with Crippen LogP contribution in [0.2, 0.25) is 0 Å². The number of fused-ring (bicyclic) bond motifs is 1. The van der Waals surface area contributed by atoms with Gasteiger partial charge in [-0.3, -0.25) is 10.1 Å². The number of hydrazone groups is 1.